The largest absolute Gasteiger partial charge is 0.480 e. The van der Waals surface area contributed by atoms with Crippen LogP contribution in [-0.4, -0.2) is 32.6 Å². The van der Waals surface area contributed by atoms with Gasteiger partial charge >= 0.3 is 5.97 Å². The van der Waals surface area contributed by atoms with Gasteiger partial charge in [0.15, 0.2) is 0 Å². The minimum atomic E-state index is -1.01. The zero-order valence-corrected chi connectivity index (χ0v) is 15.1. The normalized spacial score (nSPS) is 12.2. The Hall–Kier alpha value is -2.63. The van der Waals surface area contributed by atoms with Crippen LogP contribution in [0.5, 0.6) is 0 Å². The van der Waals surface area contributed by atoms with E-state index in [0.717, 1.165) is 17.1 Å². The van der Waals surface area contributed by atoms with Crippen LogP contribution < -0.4 is 5.32 Å². The summed E-state index contributed by atoms with van der Waals surface area (Å²) in [6.45, 7) is 8.22. The van der Waals surface area contributed by atoms with Crippen molar-refractivity contribution in [3.63, 3.8) is 0 Å². The van der Waals surface area contributed by atoms with Gasteiger partial charge in [0, 0.05) is 17.6 Å². The molecule has 0 aliphatic heterocycles. The van der Waals surface area contributed by atoms with E-state index in [1.807, 2.05) is 50.5 Å². The number of carboxylic acid groups (broad SMARTS) is 1. The number of aromatic nitrogens is 2. The molecular weight excluding hydrogens is 318 g/mol. The molecule has 0 aliphatic carbocycles. The summed E-state index contributed by atoms with van der Waals surface area (Å²) < 4.78 is 2.01. The van der Waals surface area contributed by atoms with Crippen molar-refractivity contribution in [2.24, 2.45) is 5.92 Å². The molecular formula is C19H25N3O3. The molecule has 2 N–H and O–H groups in total. The highest BCUT2D eigenvalue weighted by Crippen LogP contribution is 2.17. The first kappa shape index (κ1) is 18.7. The summed E-state index contributed by atoms with van der Waals surface area (Å²) in [4.78, 5) is 28.3. The number of amides is 1. The maximum absolute atomic E-state index is 12.6. The molecule has 6 heteroatoms. The molecule has 0 fully saturated rings. The monoisotopic (exact) mass is 343 g/mol. The van der Waals surface area contributed by atoms with Crippen molar-refractivity contribution in [2.75, 3.05) is 0 Å². The van der Waals surface area contributed by atoms with Gasteiger partial charge in [0.25, 0.3) is 5.91 Å². The molecule has 0 aromatic carbocycles. The van der Waals surface area contributed by atoms with Crippen molar-refractivity contribution < 1.29 is 14.7 Å². The summed E-state index contributed by atoms with van der Waals surface area (Å²) in [7, 11) is 0. The van der Waals surface area contributed by atoms with E-state index in [9.17, 15) is 14.7 Å². The average Bonchev–Trinajstić information content (AvgIpc) is 2.83. The number of hydrogen-bond acceptors (Lipinski definition) is 3. The molecule has 0 bridgehead atoms. The Morgan fingerprint density at radius 1 is 1.28 bits per heavy atom. The molecule has 0 spiro atoms. The van der Waals surface area contributed by atoms with E-state index >= 15 is 0 Å². The highest BCUT2D eigenvalue weighted by molar-refractivity contribution is 5.97. The Kier molecular flexibility index (Phi) is 5.96. The number of nitrogens with one attached hydrogen (secondary N) is 1. The summed E-state index contributed by atoms with van der Waals surface area (Å²) >= 11 is 0. The van der Waals surface area contributed by atoms with Gasteiger partial charge in [0.05, 0.1) is 17.8 Å². The second-order valence-electron chi connectivity index (χ2n) is 6.69. The lowest BCUT2D eigenvalue weighted by Gasteiger charge is -2.16. The Morgan fingerprint density at radius 3 is 2.56 bits per heavy atom. The summed E-state index contributed by atoms with van der Waals surface area (Å²) in [5, 5.41) is 12.0. The van der Waals surface area contributed by atoms with Crippen LogP contribution in [0.3, 0.4) is 0 Å². The first-order valence-corrected chi connectivity index (χ1v) is 8.40. The number of hydrogen-bond donors (Lipinski definition) is 2. The minimum Gasteiger partial charge on any atom is -0.480 e. The van der Waals surface area contributed by atoms with E-state index in [4.69, 9.17) is 0 Å². The van der Waals surface area contributed by atoms with Crippen molar-refractivity contribution in [1.29, 1.82) is 0 Å². The average molecular weight is 343 g/mol. The minimum absolute atomic E-state index is 0.179. The van der Waals surface area contributed by atoms with Crippen LogP contribution in [0.4, 0.5) is 0 Å². The van der Waals surface area contributed by atoms with Crippen molar-refractivity contribution in [1.82, 2.24) is 14.9 Å². The van der Waals surface area contributed by atoms with Crippen LogP contribution in [0.1, 0.15) is 47.7 Å². The Bertz CT molecular complexity index is 751. The van der Waals surface area contributed by atoms with Crippen molar-refractivity contribution in [3.05, 3.63) is 53.1 Å². The predicted octanol–water partition coefficient (Wildman–Crippen LogP) is 2.78. The second-order valence-corrected chi connectivity index (χ2v) is 6.69. The second kappa shape index (κ2) is 7.96. The van der Waals surface area contributed by atoms with Gasteiger partial charge in [-0.3, -0.25) is 9.78 Å². The Balaban J connectivity index is 2.20. The predicted molar refractivity (Wildman–Crippen MR) is 95.6 cm³/mol. The first-order valence-electron chi connectivity index (χ1n) is 8.40. The zero-order chi connectivity index (χ0) is 18.6. The molecule has 0 radical (unpaired) electrons. The topological polar surface area (TPSA) is 84.2 Å². The third-order valence-corrected chi connectivity index (χ3v) is 4.18. The highest BCUT2D eigenvalue weighted by Gasteiger charge is 2.24. The smallest absolute Gasteiger partial charge is 0.326 e. The molecule has 2 heterocycles. The maximum Gasteiger partial charge on any atom is 0.326 e. The number of nitrogens with zero attached hydrogens (tertiary/aromatic N) is 2. The van der Waals surface area contributed by atoms with Gasteiger partial charge in [-0.1, -0.05) is 19.9 Å². The highest BCUT2D eigenvalue weighted by atomic mass is 16.4. The first-order chi connectivity index (χ1) is 11.8. The standard InChI is InChI=1S/C19H25N3O3/c1-12(2)9-17(19(24)25)21-18(23)16-10-13(3)22(14(16)4)11-15-7-5-6-8-20-15/h5-8,10,12,17H,9,11H2,1-4H3,(H,21,23)(H,24,25)/t17-/m1/s1. The molecule has 6 nitrogen and oxygen atoms in total. The SMILES string of the molecule is Cc1cc(C(=O)N[C@H](CC(C)C)C(=O)O)c(C)n1Cc1ccccn1. The fourth-order valence-corrected chi connectivity index (χ4v) is 2.86. The van der Waals surface area contributed by atoms with Crippen LogP contribution in [-0.2, 0) is 11.3 Å². The van der Waals surface area contributed by atoms with Crippen LogP contribution in [0.25, 0.3) is 0 Å². The molecule has 0 aliphatic rings. The lowest BCUT2D eigenvalue weighted by molar-refractivity contribution is -0.139. The lowest BCUT2D eigenvalue weighted by Crippen LogP contribution is -2.41. The third-order valence-electron chi connectivity index (χ3n) is 4.18. The summed E-state index contributed by atoms with van der Waals surface area (Å²) in [5.74, 6) is -1.18. The number of carbonyl (C=O) groups excluding carboxylic acids is 1. The number of carbonyl (C=O) groups is 2. The molecule has 0 unspecified atom stereocenters. The molecule has 0 saturated heterocycles. The van der Waals surface area contributed by atoms with Crippen LogP contribution in [0.2, 0.25) is 0 Å². The van der Waals surface area contributed by atoms with E-state index < -0.39 is 12.0 Å². The fourth-order valence-electron chi connectivity index (χ4n) is 2.86. The van der Waals surface area contributed by atoms with Gasteiger partial charge in [0.1, 0.15) is 6.04 Å². The maximum atomic E-state index is 12.6. The van der Waals surface area contributed by atoms with E-state index in [1.165, 1.54) is 0 Å². The van der Waals surface area contributed by atoms with Crippen molar-refractivity contribution >= 4 is 11.9 Å². The van der Waals surface area contributed by atoms with Gasteiger partial charge in [-0.2, -0.15) is 0 Å². The van der Waals surface area contributed by atoms with Crippen molar-refractivity contribution in [3.8, 4) is 0 Å². The summed E-state index contributed by atoms with van der Waals surface area (Å²) in [5.41, 5.74) is 3.14. The number of pyridine rings is 1. The van der Waals surface area contributed by atoms with Gasteiger partial charge in [-0.15, -0.1) is 0 Å². The Labute approximate surface area is 147 Å². The quantitative estimate of drug-likeness (QED) is 0.809. The number of rotatable bonds is 7. The summed E-state index contributed by atoms with van der Waals surface area (Å²) in [6, 6.07) is 6.63. The van der Waals surface area contributed by atoms with Gasteiger partial charge in [-0.25, -0.2) is 4.79 Å². The third kappa shape index (κ3) is 4.68. The van der Waals surface area contributed by atoms with Crippen LogP contribution in [0, 0.1) is 19.8 Å². The molecule has 134 valence electrons. The Morgan fingerprint density at radius 2 is 2.00 bits per heavy atom. The van der Waals surface area contributed by atoms with E-state index in [1.54, 1.807) is 12.3 Å². The molecule has 1 atom stereocenters. The molecule has 2 aromatic rings. The molecule has 2 aromatic heterocycles. The van der Waals surface area contributed by atoms with Crippen LogP contribution in [0.15, 0.2) is 30.5 Å². The fraction of sp³-hybridized carbons (Fsp3) is 0.421. The zero-order valence-electron chi connectivity index (χ0n) is 15.1. The molecule has 2 rings (SSSR count). The van der Waals surface area contributed by atoms with Crippen molar-refractivity contribution in [2.45, 2.75) is 46.7 Å². The summed E-state index contributed by atoms with van der Waals surface area (Å²) in [6.07, 6.45) is 2.13. The molecule has 25 heavy (non-hydrogen) atoms. The molecule has 1 amide bonds. The number of aryl methyl sites for hydroxylation is 1. The van der Waals surface area contributed by atoms with E-state index in [0.29, 0.717) is 18.5 Å². The van der Waals surface area contributed by atoms with Gasteiger partial charge in [-0.05, 0) is 44.4 Å². The van der Waals surface area contributed by atoms with Gasteiger partial charge in [0.2, 0.25) is 0 Å². The molecule has 0 saturated carbocycles. The van der Waals surface area contributed by atoms with E-state index in [-0.39, 0.29) is 11.8 Å². The number of aliphatic carboxylic acids is 1. The van der Waals surface area contributed by atoms with E-state index in [2.05, 4.69) is 10.3 Å². The van der Waals surface area contributed by atoms with Gasteiger partial charge < -0.3 is 15.0 Å². The lowest BCUT2D eigenvalue weighted by atomic mass is 10.0. The van der Waals surface area contributed by atoms with Crippen LogP contribution >= 0.6 is 0 Å². The number of carboxylic acids is 1.